The summed E-state index contributed by atoms with van der Waals surface area (Å²) in [5.74, 6) is -0.246. The summed E-state index contributed by atoms with van der Waals surface area (Å²) in [4.78, 5) is 11.7. The molecule has 1 aromatic heterocycles. The smallest absolute Gasteiger partial charge is 0.323 e. The van der Waals surface area contributed by atoms with E-state index in [0.29, 0.717) is 6.61 Å². The maximum absolute atomic E-state index is 13.7. The van der Waals surface area contributed by atoms with Crippen molar-refractivity contribution >= 4 is 17.6 Å². The van der Waals surface area contributed by atoms with Crippen LogP contribution in [0.2, 0.25) is 0 Å². The molecule has 0 fully saturated rings. The fourth-order valence-corrected chi connectivity index (χ4v) is 1.46. The van der Waals surface area contributed by atoms with Crippen LogP contribution in [0.25, 0.3) is 0 Å². The minimum atomic E-state index is -0.392. The van der Waals surface area contributed by atoms with Crippen molar-refractivity contribution < 1.29 is 9.13 Å². The van der Waals surface area contributed by atoms with E-state index in [-0.39, 0.29) is 23.6 Å². The zero-order chi connectivity index (χ0) is 13.8. The third-order valence-electron chi connectivity index (χ3n) is 2.28. The number of hydrogen-bond donors (Lipinski definition) is 2. The Labute approximate surface area is 109 Å². The van der Waals surface area contributed by atoms with Crippen molar-refractivity contribution in [2.45, 2.75) is 13.8 Å². The molecule has 0 amide bonds. The largest absolute Gasteiger partial charge is 0.464 e. The monoisotopic (exact) mass is 263 g/mol. The molecular formula is C12H14FN5O. The average Bonchev–Trinajstić information content (AvgIpc) is 2.32. The van der Waals surface area contributed by atoms with Crippen molar-refractivity contribution in [3.63, 3.8) is 0 Å². The van der Waals surface area contributed by atoms with Gasteiger partial charge in [0.05, 0.1) is 12.3 Å². The number of nitrogens with two attached hydrogens (primary N) is 1. The maximum Gasteiger partial charge on any atom is 0.323 e. The summed E-state index contributed by atoms with van der Waals surface area (Å²) >= 11 is 0. The van der Waals surface area contributed by atoms with Crippen LogP contribution in [-0.4, -0.2) is 21.6 Å². The molecule has 7 heteroatoms. The highest BCUT2D eigenvalue weighted by atomic mass is 19.1. The Hall–Kier alpha value is -2.44. The highest BCUT2D eigenvalue weighted by Crippen LogP contribution is 2.19. The normalized spacial score (nSPS) is 10.3. The molecule has 0 aliphatic heterocycles. The van der Waals surface area contributed by atoms with Gasteiger partial charge in [-0.05, 0) is 31.5 Å². The number of halogens is 1. The molecule has 0 saturated heterocycles. The fourth-order valence-electron chi connectivity index (χ4n) is 1.46. The average molecular weight is 263 g/mol. The third kappa shape index (κ3) is 3.27. The molecule has 0 unspecified atom stereocenters. The van der Waals surface area contributed by atoms with Crippen LogP contribution in [0.4, 0.5) is 22.0 Å². The summed E-state index contributed by atoms with van der Waals surface area (Å²) in [7, 11) is 0. The van der Waals surface area contributed by atoms with Crippen LogP contribution in [-0.2, 0) is 0 Å². The lowest BCUT2D eigenvalue weighted by Gasteiger charge is -2.08. The first-order chi connectivity index (χ1) is 9.08. The Morgan fingerprint density at radius 2 is 2.11 bits per heavy atom. The Morgan fingerprint density at radius 3 is 2.79 bits per heavy atom. The van der Waals surface area contributed by atoms with Gasteiger partial charge < -0.3 is 15.8 Å². The first kappa shape index (κ1) is 13.0. The number of nitrogen functional groups attached to an aromatic ring is 1. The molecule has 0 aliphatic rings. The summed E-state index contributed by atoms with van der Waals surface area (Å²) in [5.41, 5.74) is 6.62. The van der Waals surface area contributed by atoms with Gasteiger partial charge in [0.1, 0.15) is 5.82 Å². The molecule has 19 heavy (non-hydrogen) atoms. The highest BCUT2D eigenvalue weighted by molar-refractivity contribution is 5.55. The summed E-state index contributed by atoms with van der Waals surface area (Å²) in [6.07, 6.45) is 0. The van der Waals surface area contributed by atoms with E-state index in [2.05, 4.69) is 20.3 Å². The molecule has 0 bridgehead atoms. The van der Waals surface area contributed by atoms with Crippen molar-refractivity contribution in [2.75, 3.05) is 17.7 Å². The molecular weight excluding hydrogens is 249 g/mol. The third-order valence-corrected chi connectivity index (χ3v) is 2.28. The van der Waals surface area contributed by atoms with Crippen molar-refractivity contribution in [2.24, 2.45) is 0 Å². The molecule has 3 N–H and O–H groups in total. The van der Waals surface area contributed by atoms with Gasteiger partial charge in [-0.3, -0.25) is 0 Å². The van der Waals surface area contributed by atoms with E-state index in [9.17, 15) is 4.39 Å². The number of nitrogens with one attached hydrogen (secondary N) is 1. The molecule has 1 heterocycles. The second kappa shape index (κ2) is 5.47. The molecule has 1 aromatic carbocycles. The van der Waals surface area contributed by atoms with E-state index in [1.165, 1.54) is 6.07 Å². The summed E-state index contributed by atoms with van der Waals surface area (Å²) in [6, 6.07) is 4.89. The number of ether oxygens (including phenoxy) is 1. The van der Waals surface area contributed by atoms with E-state index in [4.69, 9.17) is 10.5 Å². The van der Waals surface area contributed by atoms with Gasteiger partial charge in [-0.25, -0.2) is 4.39 Å². The molecule has 2 rings (SSSR count). The number of aryl methyl sites for hydroxylation is 1. The predicted molar refractivity (Wildman–Crippen MR) is 69.8 cm³/mol. The lowest BCUT2D eigenvalue weighted by molar-refractivity contribution is 0.312. The second-order valence-electron chi connectivity index (χ2n) is 3.84. The Bertz CT molecular complexity index is 590. The van der Waals surface area contributed by atoms with Crippen LogP contribution in [0.3, 0.4) is 0 Å². The SMILES string of the molecule is CCOc1nc(N)nc(Nc2ccc(C)cc2F)n1. The Balaban J connectivity index is 2.27. The van der Waals surface area contributed by atoms with Crippen LogP contribution in [0, 0.1) is 12.7 Å². The fraction of sp³-hybridized carbons (Fsp3) is 0.250. The van der Waals surface area contributed by atoms with Crippen LogP contribution in [0.1, 0.15) is 12.5 Å². The Morgan fingerprint density at radius 1 is 1.32 bits per heavy atom. The lowest BCUT2D eigenvalue weighted by atomic mass is 10.2. The first-order valence-electron chi connectivity index (χ1n) is 5.76. The van der Waals surface area contributed by atoms with Crippen molar-refractivity contribution in [1.29, 1.82) is 0 Å². The van der Waals surface area contributed by atoms with E-state index in [1.54, 1.807) is 26.0 Å². The van der Waals surface area contributed by atoms with Crippen LogP contribution in [0.5, 0.6) is 6.01 Å². The van der Waals surface area contributed by atoms with Crippen molar-refractivity contribution in [1.82, 2.24) is 15.0 Å². The number of hydrogen-bond acceptors (Lipinski definition) is 6. The quantitative estimate of drug-likeness (QED) is 0.878. The van der Waals surface area contributed by atoms with E-state index >= 15 is 0 Å². The molecule has 0 saturated carbocycles. The summed E-state index contributed by atoms with van der Waals surface area (Å²) in [5, 5.41) is 2.74. The molecule has 100 valence electrons. The number of nitrogens with zero attached hydrogens (tertiary/aromatic N) is 3. The van der Waals surface area contributed by atoms with Gasteiger partial charge >= 0.3 is 6.01 Å². The van der Waals surface area contributed by atoms with Crippen LogP contribution < -0.4 is 15.8 Å². The predicted octanol–water partition coefficient (Wildman–Crippen LogP) is 2.04. The number of aromatic nitrogens is 3. The molecule has 0 atom stereocenters. The van der Waals surface area contributed by atoms with E-state index < -0.39 is 5.82 Å². The molecule has 6 nitrogen and oxygen atoms in total. The van der Waals surface area contributed by atoms with Gasteiger partial charge in [-0.15, -0.1) is 0 Å². The minimum Gasteiger partial charge on any atom is -0.464 e. The van der Waals surface area contributed by atoms with Gasteiger partial charge in [0.2, 0.25) is 11.9 Å². The second-order valence-corrected chi connectivity index (χ2v) is 3.84. The van der Waals surface area contributed by atoms with Crippen molar-refractivity contribution in [3.8, 4) is 6.01 Å². The van der Waals surface area contributed by atoms with Gasteiger partial charge in [0.15, 0.2) is 0 Å². The van der Waals surface area contributed by atoms with E-state index in [1.807, 2.05) is 0 Å². The van der Waals surface area contributed by atoms with E-state index in [0.717, 1.165) is 5.56 Å². The zero-order valence-corrected chi connectivity index (χ0v) is 10.6. The lowest BCUT2D eigenvalue weighted by Crippen LogP contribution is -2.07. The summed E-state index contributed by atoms with van der Waals surface area (Å²) in [6.45, 7) is 4.01. The van der Waals surface area contributed by atoms with Crippen molar-refractivity contribution in [3.05, 3.63) is 29.6 Å². The van der Waals surface area contributed by atoms with Gasteiger partial charge in [-0.2, -0.15) is 15.0 Å². The highest BCUT2D eigenvalue weighted by Gasteiger charge is 2.08. The Kier molecular flexibility index (Phi) is 3.74. The standard InChI is InChI=1S/C12H14FN5O/c1-3-19-12-17-10(14)16-11(18-12)15-9-5-4-7(2)6-8(9)13/h4-6H,3H2,1-2H3,(H3,14,15,16,17,18). The molecule has 0 spiro atoms. The van der Waals surface area contributed by atoms with Gasteiger partial charge in [0.25, 0.3) is 0 Å². The van der Waals surface area contributed by atoms with Crippen LogP contribution >= 0.6 is 0 Å². The van der Waals surface area contributed by atoms with Gasteiger partial charge in [-0.1, -0.05) is 6.07 Å². The minimum absolute atomic E-state index is 0.00784. The molecule has 2 aromatic rings. The van der Waals surface area contributed by atoms with Gasteiger partial charge in [0, 0.05) is 0 Å². The maximum atomic E-state index is 13.7. The van der Waals surface area contributed by atoms with Crippen LogP contribution in [0.15, 0.2) is 18.2 Å². The summed E-state index contributed by atoms with van der Waals surface area (Å²) < 4.78 is 18.8. The number of rotatable bonds is 4. The number of anilines is 3. The molecule has 0 aliphatic carbocycles. The zero-order valence-electron chi connectivity index (χ0n) is 10.6. The number of benzene rings is 1. The molecule has 0 radical (unpaired) electrons. The topological polar surface area (TPSA) is 86.0 Å². The first-order valence-corrected chi connectivity index (χ1v) is 5.76.